The van der Waals surface area contributed by atoms with Gasteiger partial charge in [0.15, 0.2) is 5.96 Å². The molecule has 0 saturated carbocycles. The molecule has 2 aromatic carbocycles. The van der Waals surface area contributed by atoms with Crippen LogP contribution in [0.3, 0.4) is 0 Å². The smallest absolute Gasteiger partial charge is 0.191 e. The second kappa shape index (κ2) is 11.2. The lowest BCUT2D eigenvalue weighted by Gasteiger charge is -2.26. The largest absolute Gasteiger partial charge is 0.361 e. The van der Waals surface area contributed by atoms with Gasteiger partial charge in [-0.05, 0) is 49.8 Å². The van der Waals surface area contributed by atoms with Crippen LogP contribution in [0.5, 0.6) is 0 Å². The van der Waals surface area contributed by atoms with Crippen molar-refractivity contribution in [3.8, 4) is 0 Å². The van der Waals surface area contributed by atoms with Crippen molar-refractivity contribution in [3.63, 3.8) is 0 Å². The van der Waals surface area contributed by atoms with Gasteiger partial charge in [0, 0.05) is 37.2 Å². The molecule has 3 aromatic rings. The maximum absolute atomic E-state index is 13.2. The molecular formula is C22H29FIN5. The number of nitrogens with one attached hydrogen (secondary N) is 3. The zero-order valence-corrected chi connectivity index (χ0v) is 19.4. The fraction of sp³-hybridized carbons (Fsp3) is 0.318. The summed E-state index contributed by atoms with van der Waals surface area (Å²) in [6.45, 7) is 1.45. The number of guanidine groups is 1. The highest BCUT2D eigenvalue weighted by molar-refractivity contribution is 14.0. The molecule has 7 heteroatoms. The molecule has 0 radical (unpaired) electrons. The van der Waals surface area contributed by atoms with Crippen molar-refractivity contribution >= 4 is 40.8 Å². The summed E-state index contributed by atoms with van der Waals surface area (Å²) in [7, 11) is 5.80. The average molecular weight is 509 g/mol. The van der Waals surface area contributed by atoms with Crippen LogP contribution in [0, 0.1) is 5.82 Å². The molecule has 1 atom stereocenters. The Hall–Kier alpha value is -2.13. The lowest BCUT2D eigenvalue weighted by Crippen LogP contribution is -2.42. The standard InChI is InChI=1S/C22H28FN5.HI/c1-24-22(25-13-12-17-14-26-20-7-5-4-6-19(17)20)27-15-21(28(2)3)16-8-10-18(23)11-9-16;/h4-11,14,21,26H,12-13,15H2,1-3H3,(H2,24,25,27);1H. The first kappa shape index (κ1) is 23.2. The van der Waals surface area contributed by atoms with E-state index in [0.29, 0.717) is 6.54 Å². The zero-order valence-electron chi connectivity index (χ0n) is 17.1. The summed E-state index contributed by atoms with van der Waals surface area (Å²) in [5.41, 5.74) is 3.51. The number of aromatic amines is 1. The van der Waals surface area contributed by atoms with E-state index < -0.39 is 0 Å². The highest BCUT2D eigenvalue weighted by Crippen LogP contribution is 2.18. The number of para-hydroxylation sites is 1. The highest BCUT2D eigenvalue weighted by atomic mass is 127. The molecule has 3 rings (SSSR count). The number of hydrogen-bond donors (Lipinski definition) is 3. The van der Waals surface area contributed by atoms with Gasteiger partial charge < -0.3 is 20.5 Å². The number of fused-ring (bicyclic) bond motifs is 1. The maximum atomic E-state index is 13.2. The first-order valence-electron chi connectivity index (χ1n) is 9.50. The minimum absolute atomic E-state index is 0. The van der Waals surface area contributed by atoms with Crippen LogP contribution in [0.25, 0.3) is 10.9 Å². The monoisotopic (exact) mass is 509 g/mol. The van der Waals surface area contributed by atoms with Crippen LogP contribution < -0.4 is 10.6 Å². The van der Waals surface area contributed by atoms with Crippen LogP contribution in [0.4, 0.5) is 4.39 Å². The SMILES string of the molecule is CN=C(NCCc1c[nH]c2ccccc12)NCC(c1ccc(F)cc1)N(C)C.I. The van der Waals surface area contributed by atoms with Crippen molar-refractivity contribution in [1.29, 1.82) is 0 Å². The third kappa shape index (κ3) is 6.17. The van der Waals surface area contributed by atoms with E-state index in [2.05, 4.69) is 49.9 Å². The summed E-state index contributed by atoms with van der Waals surface area (Å²) in [5.74, 6) is 0.540. The van der Waals surface area contributed by atoms with Gasteiger partial charge in [0.05, 0.1) is 6.04 Å². The first-order valence-corrected chi connectivity index (χ1v) is 9.50. The molecule has 0 amide bonds. The number of rotatable bonds is 7. The van der Waals surface area contributed by atoms with Crippen molar-refractivity contribution in [1.82, 2.24) is 20.5 Å². The lowest BCUT2D eigenvalue weighted by atomic mass is 10.1. The number of aliphatic imine (C=N–C) groups is 1. The molecule has 3 N–H and O–H groups in total. The Balaban J connectivity index is 0.00000300. The van der Waals surface area contributed by atoms with E-state index in [1.165, 1.54) is 23.1 Å². The number of hydrogen-bond acceptors (Lipinski definition) is 2. The summed E-state index contributed by atoms with van der Waals surface area (Å²) in [6, 6.07) is 15.1. The highest BCUT2D eigenvalue weighted by Gasteiger charge is 2.14. The summed E-state index contributed by atoms with van der Waals surface area (Å²) in [5, 5.41) is 8.01. The molecule has 1 aromatic heterocycles. The molecule has 0 aliphatic carbocycles. The Bertz CT molecular complexity index is 920. The van der Waals surface area contributed by atoms with Crippen molar-refractivity contribution in [3.05, 3.63) is 71.7 Å². The second-order valence-electron chi connectivity index (χ2n) is 7.02. The van der Waals surface area contributed by atoms with E-state index in [4.69, 9.17) is 0 Å². The van der Waals surface area contributed by atoms with Gasteiger partial charge >= 0.3 is 0 Å². The number of nitrogens with zero attached hydrogens (tertiary/aromatic N) is 2. The lowest BCUT2D eigenvalue weighted by molar-refractivity contribution is 0.298. The summed E-state index contributed by atoms with van der Waals surface area (Å²) < 4.78 is 13.2. The van der Waals surface area contributed by atoms with Crippen molar-refractivity contribution in [2.24, 2.45) is 4.99 Å². The van der Waals surface area contributed by atoms with Gasteiger partial charge in [-0.15, -0.1) is 24.0 Å². The molecule has 0 fully saturated rings. The number of H-pyrrole nitrogens is 1. The third-order valence-electron chi connectivity index (χ3n) is 4.93. The van der Waals surface area contributed by atoms with Gasteiger partial charge in [-0.1, -0.05) is 30.3 Å². The molecule has 0 bridgehead atoms. The van der Waals surface area contributed by atoms with Crippen LogP contribution in [0.2, 0.25) is 0 Å². The number of aromatic nitrogens is 1. The molecular weight excluding hydrogens is 480 g/mol. The Kier molecular flexibility index (Phi) is 8.91. The van der Waals surface area contributed by atoms with E-state index in [9.17, 15) is 4.39 Å². The van der Waals surface area contributed by atoms with E-state index >= 15 is 0 Å². The molecule has 0 aliphatic heterocycles. The van der Waals surface area contributed by atoms with Crippen LogP contribution >= 0.6 is 24.0 Å². The molecule has 5 nitrogen and oxygen atoms in total. The van der Waals surface area contributed by atoms with E-state index in [1.54, 1.807) is 7.05 Å². The topological polar surface area (TPSA) is 55.5 Å². The number of benzene rings is 2. The summed E-state index contributed by atoms with van der Waals surface area (Å²) in [6.07, 6.45) is 2.97. The Labute approximate surface area is 188 Å². The number of halogens is 2. The van der Waals surface area contributed by atoms with Crippen LogP contribution in [0.1, 0.15) is 17.2 Å². The van der Waals surface area contributed by atoms with Crippen molar-refractivity contribution in [2.75, 3.05) is 34.2 Å². The molecule has 1 unspecified atom stereocenters. The predicted octanol–water partition coefficient (Wildman–Crippen LogP) is 3.94. The van der Waals surface area contributed by atoms with Gasteiger partial charge in [0.1, 0.15) is 5.82 Å². The van der Waals surface area contributed by atoms with Gasteiger partial charge in [0.2, 0.25) is 0 Å². The van der Waals surface area contributed by atoms with Crippen LogP contribution in [-0.4, -0.2) is 50.1 Å². The fourth-order valence-corrected chi connectivity index (χ4v) is 3.35. The summed E-state index contributed by atoms with van der Waals surface area (Å²) in [4.78, 5) is 9.74. The third-order valence-corrected chi connectivity index (χ3v) is 4.93. The maximum Gasteiger partial charge on any atom is 0.191 e. The molecule has 156 valence electrons. The molecule has 0 spiro atoms. The average Bonchev–Trinajstić information content (AvgIpc) is 3.11. The van der Waals surface area contributed by atoms with Gasteiger partial charge in [0.25, 0.3) is 0 Å². The second-order valence-corrected chi connectivity index (χ2v) is 7.02. The Morgan fingerprint density at radius 3 is 2.52 bits per heavy atom. The van der Waals surface area contributed by atoms with Crippen molar-refractivity contribution < 1.29 is 4.39 Å². The fourth-order valence-electron chi connectivity index (χ4n) is 3.35. The van der Waals surface area contributed by atoms with Crippen LogP contribution in [-0.2, 0) is 6.42 Å². The molecule has 0 saturated heterocycles. The number of likely N-dealkylation sites (N-methyl/N-ethyl adjacent to an activating group) is 1. The molecule has 29 heavy (non-hydrogen) atoms. The Morgan fingerprint density at radius 2 is 1.83 bits per heavy atom. The summed E-state index contributed by atoms with van der Waals surface area (Å²) >= 11 is 0. The van der Waals surface area contributed by atoms with E-state index in [-0.39, 0.29) is 35.8 Å². The Morgan fingerprint density at radius 1 is 1.10 bits per heavy atom. The quantitative estimate of drug-likeness (QED) is 0.257. The van der Waals surface area contributed by atoms with E-state index in [1.807, 2.05) is 32.3 Å². The minimum atomic E-state index is -0.219. The van der Waals surface area contributed by atoms with Crippen LogP contribution in [0.15, 0.2) is 59.7 Å². The molecule has 0 aliphatic rings. The van der Waals surface area contributed by atoms with Gasteiger partial charge in [-0.2, -0.15) is 0 Å². The van der Waals surface area contributed by atoms with E-state index in [0.717, 1.165) is 30.0 Å². The first-order chi connectivity index (χ1) is 13.6. The predicted molar refractivity (Wildman–Crippen MR) is 130 cm³/mol. The minimum Gasteiger partial charge on any atom is -0.361 e. The van der Waals surface area contributed by atoms with Gasteiger partial charge in [-0.3, -0.25) is 4.99 Å². The molecule has 1 heterocycles. The normalized spacial score (nSPS) is 12.7. The zero-order chi connectivity index (χ0) is 19.9. The van der Waals surface area contributed by atoms with Gasteiger partial charge in [-0.25, -0.2) is 4.39 Å². The van der Waals surface area contributed by atoms with Crippen molar-refractivity contribution in [2.45, 2.75) is 12.5 Å².